The Balaban J connectivity index is 1.97. The van der Waals surface area contributed by atoms with Crippen molar-refractivity contribution in [1.29, 1.82) is 0 Å². The number of nitrogens with one attached hydrogen (secondary N) is 2. The Labute approximate surface area is 248 Å². The van der Waals surface area contributed by atoms with Crippen molar-refractivity contribution in [3.05, 3.63) is 63.8 Å². The molecule has 2 unspecified atom stereocenters. The Morgan fingerprint density at radius 2 is 1.73 bits per heavy atom. The number of nitrogens with zero attached hydrogens (tertiary/aromatic N) is 2. The molecular formula is C29H34Cl2N4O6. The van der Waals surface area contributed by atoms with Gasteiger partial charge in [-0.15, -0.1) is 0 Å². The molecule has 0 radical (unpaired) electrons. The maximum Gasteiger partial charge on any atom is 0.334 e. The largest absolute Gasteiger partial charge is 0.497 e. The summed E-state index contributed by atoms with van der Waals surface area (Å²) < 4.78 is 11.4. The average molecular weight is 606 g/mol. The van der Waals surface area contributed by atoms with E-state index in [1.54, 1.807) is 49.0 Å². The van der Waals surface area contributed by atoms with E-state index in [-0.39, 0.29) is 18.7 Å². The van der Waals surface area contributed by atoms with Gasteiger partial charge in [-0.05, 0) is 54.8 Å². The summed E-state index contributed by atoms with van der Waals surface area (Å²) in [7, 11) is 2.74. The molecule has 2 atom stereocenters. The fraction of sp³-hybridized carbons (Fsp3) is 0.379. The monoisotopic (exact) mass is 604 g/mol. The Kier molecular flexibility index (Phi) is 10.4. The second-order valence-electron chi connectivity index (χ2n) is 10.4. The van der Waals surface area contributed by atoms with Crippen LogP contribution < -0.4 is 15.4 Å². The summed E-state index contributed by atoms with van der Waals surface area (Å²) in [6.45, 7) is 7.19. The molecule has 0 saturated heterocycles. The Hall–Kier alpha value is -3.60. The number of aliphatic hydroxyl groups is 1. The molecule has 0 spiro atoms. The third kappa shape index (κ3) is 7.58. The first-order valence-corrected chi connectivity index (χ1v) is 13.6. The molecule has 41 heavy (non-hydrogen) atoms. The molecule has 3 N–H and O–H groups in total. The molecule has 1 aromatic heterocycles. The second kappa shape index (κ2) is 13.4. The zero-order valence-corrected chi connectivity index (χ0v) is 25.3. The summed E-state index contributed by atoms with van der Waals surface area (Å²) >= 11 is 12.7. The molecule has 0 fully saturated rings. The minimum Gasteiger partial charge on any atom is -0.497 e. The van der Waals surface area contributed by atoms with Gasteiger partial charge in [0.2, 0.25) is 5.91 Å². The van der Waals surface area contributed by atoms with Crippen LogP contribution in [0.25, 0.3) is 16.9 Å². The molecule has 0 saturated carbocycles. The summed E-state index contributed by atoms with van der Waals surface area (Å²) in [4.78, 5) is 38.2. The topological polar surface area (TPSA) is 132 Å². The lowest BCUT2D eigenvalue weighted by Gasteiger charge is -2.30. The van der Waals surface area contributed by atoms with Gasteiger partial charge in [-0.3, -0.25) is 9.59 Å². The van der Waals surface area contributed by atoms with Crippen LogP contribution in [0, 0.1) is 12.3 Å². The highest BCUT2D eigenvalue weighted by atomic mass is 35.5. The van der Waals surface area contributed by atoms with Gasteiger partial charge in [0, 0.05) is 29.1 Å². The van der Waals surface area contributed by atoms with Crippen LogP contribution in [0.5, 0.6) is 5.75 Å². The van der Waals surface area contributed by atoms with Crippen LogP contribution in [0.3, 0.4) is 0 Å². The van der Waals surface area contributed by atoms with Crippen LogP contribution in [0.1, 0.15) is 43.2 Å². The fourth-order valence-corrected chi connectivity index (χ4v) is 4.68. The van der Waals surface area contributed by atoms with E-state index in [2.05, 4.69) is 20.5 Å². The number of aromatic nitrogens is 2. The van der Waals surface area contributed by atoms with Crippen LogP contribution >= 0.6 is 23.2 Å². The van der Waals surface area contributed by atoms with Gasteiger partial charge >= 0.3 is 5.97 Å². The molecule has 10 nitrogen and oxygen atoms in total. The van der Waals surface area contributed by atoms with Crippen molar-refractivity contribution in [2.24, 2.45) is 5.41 Å². The summed E-state index contributed by atoms with van der Waals surface area (Å²) in [5.41, 5.74) is 1.87. The van der Waals surface area contributed by atoms with E-state index in [0.29, 0.717) is 32.7 Å². The molecule has 12 heteroatoms. The highest BCUT2D eigenvalue weighted by Gasteiger charge is 2.34. The van der Waals surface area contributed by atoms with Gasteiger partial charge in [0.05, 0.1) is 30.6 Å². The predicted molar refractivity (Wildman–Crippen MR) is 157 cm³/mol. The fourth-order valence-electron chi connectivity index (χ4n) is 4.19. The van der Waals surface area contributed by atoms with E-state index in [1.807, 2.05) is 32.9 Å². The summed E-state index contributed by atoms with van der Waals surface area (Å²) in [5, 5.41) is 20.7. The standard InChI is InChI=1S/C29H34Cl2N4O6/c1-16-23(26(37)33-25(29(2,3)4)27(38)32-14-13-22(36)28(39)41-6)34-35(21-12-9-18(30)15-20(21)31)24(16)17-7-10-19(40-5)11-8-17/h7-12,15,22,25,36H,13-14H2,1-6H3,(H,32,38)(H,33,37). The Morgan fingerprint density at radius 1 is 1.07 bits per heavy atom. The van der Waals surface area contributed by atoms with Crippen molar-refractivity contribution < 1.29 is 29.0 Å². The number of methoxy groups -OCH3 is 2. The lowest BCUT2D eigenvalue weighted by Crippen LogP contribution is -2.54. The number of halogens is 2. The van der Waals surface area contributed by atoms with E-state index >= 15 is 0 Å². The van der Waals surface area contributed by atoms with Crippen molar-refractivity contribution in [2.45, 2.75) is 46.3 Å². The van der Waals surface area contributed by atoms with Crippen LogP contribution in [0.15, 0.2) is 42.5 Å². The number of aliphatic hydroxyl groups excluding tert-OH is 1. The predicted octanol–water partition coefficient (Wildman–Crippen LogP) is 4.35. The van der Waals surface area contributed by atoms with Crippen LogP contribution in [0.2, 0.25) is 10.0 Å². The van der Waals surface area contributed by atoms with Gasteiger partial charge in [-0.2, -0.15) is 5.10 Å². The van der Waals surface area contributed by atoms with Gasteiger partial charge in [-0.25, -0.2) is 9.48 Å². The first-order chi connectivity index (χ1) is 19.3. The average Bonchev–Trinajstić information content (AvgIpc) is 3.26. The number of esters is 1. The molecule has 0 bridgehead atoms. The maximum atomic E-state index is 13.7. The number of ether oxygens (including phenoxy) is 2. The third-order valence-electron chi connectivity index (χ3n) is 6.43. The minimum atomic E-state index is -1.37. The van der Waals surface area contributed by atoms with Crippen molar-refractivity contribution in [3.63, 3.8) is 0 Å². The molecule has 1 heterocycles. The molecule has 2 amide bonds. The van der Waals surface area contributed by atoms with Crippen molar-refractivity contribution in [3.8, 4) is 22.7 Å². The van der Waals surface area contributed by atoms with Gasteiger partial charge in [0.25, 0.3) is 5.91 Å². The van der Waals surface area contributed by atoms with Crippen molar-refractivity contribution in [1.82, 2.24) is 20.4 Å². The third-order valence-corrected chi connectivity index (χ3v) is 6.97. The number of amides is 2. The van der Waals surface area contributed by atoms with Crippen molar-refractivity contribution in [2.75, 3.05) is 20.8 Å². The molecule has 0 aliphatic heterocycles. The first kappa shape index (κ1) is 31.9. The minimum absolute atomic E-state index is 0.00187. The molecule has 3 aromatic rings. The number of benzene rings is 2. The molecule has 3 rings (SSSR count). The second-order valence-corrected chi connectivity index (χ2v) is 11.3. The smallest absolute Gasteiger partial charge is 0.334 e. The molecular weight excluding hydrogens is 571 g/mol. The zero-order chi connectivity index (χ0) is 30.5. The number of rotatable bonds is 10. The molecule has 0 aliphatic carbocycles. The summed E-state index contributed by atoms with van der Waals surface area (Å²) in [5.74, 6) is -1.17. The van der Waals surface area contributed by atoms with Gasteiger partial charge < -0.3 is 25.2 Å². The quantitative estimate of drug-likeness (QED) is 0.293. The summed E-state index contributed by atoms with van der Waals surface area (Å²) in [6.07, 6.45) is -1.41. The van der Waals surface area contributed by atoms with Gasteiger partial charge in [0.1, 0.15) is 11.8 Å². The highest BCUT2D eigenvalue weighted by molar-refractivity contribution is 6.35. The van der Waals surface area contributed by atoms with E-state index in [1.165, 1.54) is 7.11 Å². The first-order valence-electron chi connectivity index (χ1n) is 12.8. The van der Waals surface area contributed by atoms with Gasteiger partial charge in [-0.1, -0.05) is 44.0 Å². The van der Waals surface area contributed by atoms with E-state index in [9.17, 15) is 19.5 Å². The SMILES string of the molecule is COC(=O)C(O)CCNC(=O)C(NC(=O)c1nn(-c2ccc(Cl)cc2Cl)c(-c2ccc(OC)cc2)c1C)C(C)(C)C. The summed E-state index contributed by atoms with van der Waals surface area (Å²) in [6, 6.07) is 11.3. The number of carbonyl (C=O) groups excluding carboxylic acids is 3. The normalized spacial score (nSPS) is 12.8. The number of hydrogen-bond donors (Lipinski definition) is 3. The van der Waals surface area contributed by atoms with Gasteiger partial charge in [0.15, 0.2) is 11.8 Å². The van der Waals surface area contributed by atoms with E-state index in [0.717, 1.165) is 5.56 Å². The number of hydrogen-bond acceptors (Lipinski definition) is 7. The zero-order valence-electron chi connectivity index (χ0n) is 23.7. The number of carbonyl (C=O) groups is 3. The van der Waals surface area contributed by atoms with E-state index < -0.39 is 35.3 Å². The van der Waals surface area contributed by atoms with Crippen LogP contribution in [-0.4, -0.2) is 65.6 Å². The Morgan fingerprint density at radius 3 is 2.29 bits per heavy atom. The molecule has 0 aliphatic rings. The van der Waals surface area contributed by atoms with Crippen LogP contribution in [-0.2, 0) is 14.3 Å². The maximum absolute atomic E-state index is 13.7. The Bertz CT molecular complexity index is 1420. The molecule has 2 aromatic carbocycles. The lowest BCUT2D eigenvalue weighted by atomic mass is 9.86. The van der Waals surface area contributed by atoms with Crippen LogP contribution in [0.4, 0.5) is 0 Å². The van der Waals surface area contributed by atoms with E-state index in [4.69, 9.17) is 27.9 Å². The lowest BCUT2D eigenvalue weighted by molar-refractivity contribution is -0.150. The highest BCUT2D eigenvalue weighted by Crippen LogP contribution is 2.33. The molecule has 220 valence electrons. The van der Waals surface area contributed by atoms with Crippen molar-refractivity contribution >= 4 is 41.0 Å².